The molecule has 0 radical (unpaired) electrons. The molecular formula is C15H36N2OSi2. The van der Waals surface area contributed by atoms with Gasteiger partial charge in [-0.1, -0.05) is 13.1 Å². The molecule has 5 heteroatoms. The van der Waals surface area contributed by atoms with E-state index in [1.807, 2.05) is 7.11 Å². The summed E-state index contributed by atoms with van der Waals surface area (Å²) in [5.74, 6) is 0. The third-order valence-corrected chi connectivity index (χ3v) is 9.51. The summed E-state index contributed by atoms with van der Waals surface area (Å²) in [6, 6.07) is 1.26. The van der Waals surface area contributed by atoms with Crippen LogP contribution in [0.4, 0.5) is 0 Å². The molecule has 0 spiro atoms. The molecule has 0 aliphatic carbocycles. The molecule has 0 saturated carbocycles. The zero-order chi connectivity index (χ0) is 15.6. The Morgan fingerprint density at radius 2 is 1.80 bits per heavy atom. The van der Waals surface area contributed by atoms with Crippen molar-refractivity contribution in [3.8, 4) is 0 Å². The van der Waals surface area contributed by atoms with Crippen molar-refractivity contribution in [3.63, 3.8) is 0 Å². The first-order chi connectivity index (χ1) is 9.07. The number of nitrogens with zero attached hydrogens (tertiary/aromatic N) is 2. The van der Waals surface area contributed by atoms with E-state index in [1.54, 1.807) is 0 Å². The quantitative estimate of drug-likeness (QED) is 0.725. The molecule has 0 aromatic heterocycles. The van der Waals surface area contributed by atoms with Crippen LogP contribution in [-0.4, -0.2) is 71.4 Å². The highest BCUT2D eigenvalue weighted by Gasteiger charge is 2.34. The molecule has 1 fully saturated rings. The molecule has 1 aliphatic rings. The predicted molar refractivity (Wildman–Crippen MR) is 94.9 cm³/mol. The largest absolute Gasteiger partial charge is 0.420 e. The molecule has 0 N–H and O–H groups in total. The maximum absolute atomic E-state index is 5.71. The standard InChI is InChI=1S/C15H36N2OSi2/c1-15(2,3)17-10-9-16(14(13-17)19(5)6)11-12-20(7,8)18-4/h14,19H,9-13H2,1-8H3. The fraction of sp³-hybridized carbons (Fsp3) is 1.00. The number of piperazine rings is 1. The molecule has 120 valence electrons. The van der Waals surface area contributed by atoms with Gasteiger partial charge < -0.3 is 9.33 Å². The van der Waals surface area contributed by atoms with E-state index in [4.69, 9.17) is 4.43 Å². The Balaban J connectivity index is 2.64. The Kier molecular flexibility index (Phi) is 6.47. The summed E-state index contributed by atoms with van der Waals surface area (Å²) in [5, 5.41) is 0. The highest BCUT2D eigenvalue weighted by atomic mass is 28.4. The van der Waals surface area contributed by atoms with E-state index >= 15 is 0 Å². The van der Waals surface area contributed by atoms with Gasteiger partial charge in [-0.2, -0.15) is 0 Å². The Bertz CT molecular complexity index is 303. The molecule has 1 rings (SSSR count). The Morgan fingerprint density at radius 1 is 1.20 bits per heavy atom. The maximum Gasteiger partial charge on any atom is 0.187 e. The van der Waals surface area contributed by atoms with Crippen molar-refractivity contribution in [2.75, 3.05) is 33.3 Å². The van der Waals surface area contributed by atoms with E-state index in [0.29, 0.717) is 5.54 Å². The Labute approximate surface area is 129 Å². The minimum Gasteiger partial charge on any atom is -0.420 e. The third-order valence-electron chi connectivity index (χ3n) is 4.81. The normalized spacial score (nSPS) is 23.6. The van der Waals surface area contributed by atoms with Crippen molar-refractivity contribution in [2.45, 2.75) is 64.2 Å². The van der Waals surface area contributed by atoms with Crippen LogP contribution >= 0.6 is 0 Å². The van der Waals surface area contributed by atoms with E-state index in [-0.39, 0.29) is 0 Å². The smallest absolute Gasteiger partial charge is 0.187 e. The molecule has 0 bridgehead atoms. The first-order valence-electron chi connectivity index (χ1n) is 8.11. The van der Waals surface area contributed by atoms with Crippen LogP contribution in [0.5, 0.6) is 0 Å². The first-order valence-corrected chi connectivity index (χ1v) is 14.2. The molecular weight excluding hydrogens is 280 g/mol. The van der Waals surface area contributed by atoms with Crippen LogP contribution in [0.3, 0.4) is 0 Å². The van der Waals surface area contributed by atoms with Crippen LogP contribution in [0.1, 0.15) is 20.8 Å². The van der Waals surface area contributed by atoms with Gasteiger partial charge in [0, 0.05) is 37.9 Å². The molecule has 1 unspecified atom stereocenters. The minimum absolute atomic E-state index is 0.314. The topological polar surface area (TPSA) is 15.7 Å². The number of rotatable bonds is 5. The van der Waals surface area contributed by atoms with Crippen molar-refractivity contribution >= 4 is 17.1 Å². The van der Waals surface area contributed by atoms with Crippen LogP contribution in [0.2, 0.25) is 32.2 Å². The van der Waals surface area contributed by atoms with Crippen molar-refractivity contribution in [3.05, 3.63) is 0 Å². The average Bonchev–Trinajstić information content (AvgIpc) is 2.35. The van der Waals surface area contributed by atoms with Crippen molar-refractivity contribution in [1.82, 2.24) is 9.80 Å². The molecule has 1 aliphatic heterocycles. The fourth-order valence-electron chi connectivity index (χ4n) is 2.88. The highest BCUT2D eigenvalue weighted by Crippen LogP contribution is 2.22. The molecule has 0 amide bonds. The van der Waals surface area contributed by atoms with Gasteiger partial charge in [-0.25, -0.2) is 0 Å². The lowest BCUT2D eigenvalue weighted by Crippen LogP contribution is -2.62. The summed E-state index contributed by atoms with van der Waals surface area (Å²) >= 11 is 0. The second-order valence-corrected chi connectivity index (χ2v) is 15.9. The van der Waals surface area contributed by atoms with Gasteiger partial charge in [0.25, 0.3) is 0 Å². The maximum atomic E-state index is 5.71. The van der Waals surface area contributed by atoms with Crippen LogP contribution in [0, 0.1) is 0 Å². The Hall–Kier alpha value is 0.314. The van der Waals surface area contributed by atoms with Crippen LogP contribution < -0.4 is 0 Å². The lowest BCUT2D eigenvalue weighted by atomic mass is 10.0. The van der Waals surface area contributed by atoms with Crippen molar-refractivity contribution in [2.24, 2.45) is 0 Å². The Morgan fingerprint density at radius 3 is 2.25 bits per heavy atom. The summed E-state index contributed by atoms with van der Waals surface area (Å²) in [7, 11) is -0.187. The molecule has 1 atom stereocenters. The van der Waals surface area contributed by atoms with Crippen LogP contribution in [-0.2, 0) is 4.43 Å². The van der Waals surface area contributed by atoms with Gasteiger partial charge in [-0.3, -0.25) is 4.90 Å². The lowest BCUT2D eigenvalue weighted by Gasteiger charge is -2.48. The third kappa shape index (κ3) is 5.26. The lowest BCUT2D eigenvalue weighted by molar-refractivity contribution is 0.0486. The molecule has 0 aromatic rings. The number of hydrogen-bond donors (Lipinski definition) is 0. The van der Waals surface area contributed by atoms with Crippen molar-refractivity contribution < 1.29 is 4.43 Å². The van der Waals surface area contributed by atoms with E-state index in [2.05, 4.69) is 56.8 Å². The van der Waals surface area contributed by atoms with Gasteiger partial charge in [0.2, 0.25) is 0 Å². The monoisotopic (exact) mass is 316 g/mol. The van der Waals surface area contributed by atoms with Crippen LogP contribution in [0.15, 0.2) is 0 Å². The molecule has 1 saturated heterocycles. The molecule has 3 nitrogen and oxygen atoms in total. The van der Waals surface area contributed by atoms with E-state index < -0.39 is 17.1 Å². The minimum atomic E-state index is -1.42. The molecule has 20 heavy (non-hydrogen) atoms. The van der Waals surface area contributed by atoms with E-state index in [0.717, 1.165) is 5.67 Å². The van der Waals surface area contributed by atoms with Gasteiger partial charge in [-0.05, 0) is 46.5 Å². The van der Waals surface area contributed by atoms with Gasteiger partial charge in [0.15, 0.2) is 8.32 Å². The molecule has 0 aromatic carbocycles. The van der Waals surface area contributed by atoms with Crippen molar-refractivity contribution in [1.29, 1.82) is 0 Å². The summed E-state index contributed by atoms with van der Waals surface area (Å²) in [5.41, 5.74) is 1.14. The van der Waals surface area contributed by atoms with E-state index in [1.165, 1.54) is 32.2 Å². The average molecular weight is 317 g/mol. The number of hydrogen-bond acceptors (Lipinski definition) is 3. The summed E-state index contributed by atoms with van der Waals surface area (Å²) in [4.78, 5) is 5.45. The fourth-order valence-corrected chi connectivity index (χ4v) is 5.73. The van der Waals surface area contributed by atoms with Gasteiger partial charge in [0.05, 0.1) is 8.80 Å². The van der Waals surface area contributed by atoms with Gasteiger partial charge in [-0.15, -0.1) is 0 Å². The molecule has 1 heterocycles. The van der Waals surface area contributed by atoms with Gasteiger partial charge >= 0.3 is 0 Å². The zero-order valence-corrected chi connectivity index (χ0v) is 17.1. The van der Waals surface area contributed by atoms with E-state index in [9.17, 15) is 0 Å². The second kappa shape index (κ2) is 7.05. The second-order valence-electron chi connectivity index (χ2n) is 8.18. The highest BCUT2D eigenvalue weighted by molar-refractivity contribution is 6.71. The summed E-state index contributed by atoms with van der Waals surface area (Å²) in [6.45, 7) is 21.7. The summed E-state index contributed by atoms with van der Waals surface area (Å²) in [6.07, 6.45) is 0. The first kappa shape index (κ1) is 18.4. The predicted octanol–water partition coefficient (Wildman–Crippen LogP) is 2.65. The summed E-state index contributed by atoms with van der Waals surface area (Å²) < 4.78 is 5.71. The zero-order valence-electron chi connectivity index (χ0n) is 15.0. The van der Waals surface area contributed by atoms with Crippen LogP contribution in [0.25, 0.3) is 0 Å². The van der Waals surface area contributed by atoms with Gasteiger partial charge in [0.1, 0.15) is 0 Å². The SMILES string of the molecule is CO[Si](C)(C)CCN1CCN(C(C)(C)C)CC1[SiH](C)C.